The zero-order valence-electron chi connectivity index (χ0n) is 39.3. The van der Waals surface area contributed by atoms with Crippen LogP contribution in [-0.4, -0.2) is 104 Å². The summed E-state index contributed by atoms with van der Waals surface area (Å²) >= 11 is 0. The third kappa shape index (κ3) is 34.7. The second-order valence-corrected chi connectivity index (χ2v) is 19.3. The fraction of sp³-hybridized carbons (Fsp3) is 0.708. The molecule has 0 aromatic carbocycles. The maximum atomic E-state index is 12.8. The molecule has 0 bridgehead atoms. The molecule has 0 radical (unpaired) electrons. The smallest absolute Gasteiger partial charge is 0.462 e. The second kappa shape index (κ2) is 38.3. The number of allylic oxidation sites excluding steroid dienone is 10. The molecule has 66 heavy (non-hydrogen) atoms. The van der Waals surface area contributed by atoms with Crippen LogP contribution >= 0.6 is 15.6 Å². The van der Waals surface area contributed by atoms with Gasteiger partial charge >= 0.3 is 27.6 Å². The largest absolute Gasteiger partial charge is 0.472 e. The molecule has 0 aliphatic heterocycles. The van der Waals surface area contributed by atoms with Gasteiger partial charge in [0.15, 0.2) is 6.10 Å². The Balaban J connectivity index is 2.57. The van der Waals surface area contributed by atoms with E-state index >= 15 is 0 Å². The zero-order valence-corrected chi connectivity index (χ0v) is 41.1. The molecular weight excluding hydrogens is 894 g/mol. The molecule has 1 saturated carbocycles. The predicted octanol–water partition coefficient (Wildman–Crippen LogP) is 8.94. The minimum atomic E-state index is -4.91. The standard InChI is InChI=1S/C48H82O16P2/c1-3-5-7-8-9-10-11-12-13-14-15-16-17-18-19-20-21-22-27-31-47(53)60-38-42(39-63-66(58,59)62-37-41(50)36-61-65(55,56)57)64-48(54)32-28-24-23-26-30-43-44(46(52)35-45(43)51)34-33-40(49)29-25-6-4-2/h9-10,12-13,15-16,18-19,21-22,33-34,40-46,49-52H,3-8,11,14,17,20,23-32,35-39H2,1-2H3,(H,58,59)(H2,55,56,57)/b10-9-,13-12-,16-15-,19-18-,22-21-,34-33+/t40-,41-,42+,43+,44+,45-,46+/m0/s1. The van der Waals surface area contributed by atoms with Gasteiger partial charge < -0.3 is 44.6 Å². The number of ether oxygens (including phenoxy) is 2. The lowest BCUT2D eigenvalue weighted by atomic mass is 9.88. The van der Waals surface area contributed by atoms with Gasteiger partial charge in [0.25, 0.3) is 0 Å². The SMILES string of the molecule is CCCCC/C=C\C/C=C\C/C=C\C/C=C\C/C=C\CCC(=O)OC[C@H](COP(=O)(O)OC[C@@H](O)COP(=O)(O)O)OC(=O)CCCCCC[C@@H]1[C@@H](/C=C/[C@@H](O)CCCCC)[C@H](O)C[C@@H]1O. The van der Waals surface area contributed by atoms with E-state index in [-0.39, 0.29) is 31.1 Å². The topological polar surface area (TPSA) is 256 Å². The number of aliphatic hydroxyl groups is 4. The van der Waals surface area contributed by atoms with Gasteiger partial charge in [0.2, 0.25) is 0 Å². The van der Waals surface area contributed by atoms with Crippen LogP contribution in [0.4, 0.5) is 0 Å². The Morgan fingerprint density at radius 3 is 1.80 bits per heavy atom. The molecule has 0 aromatic rings. The molecule has 1 aliphatic rings. The normalized spacial score (nSPS) is 20.7. The maximum Gasteiger partial charge on any atom is 0.472 e. The fourth-order valence-corrected chi connectivity index (χ4v) is 8.17. The third-order valence-electron chi connectivity index (χ3n) is 10.7. The quantitative estimate of drug-likeness (QED) is 0.0131. The first-order valence-corrected chi connectivity index (χ1v) is 26.9. The molecule has 0 amide bonds. The molecular formula is C48H82O16P2. The van der Waals surface area contributed by atoms with Crippen LogP contribution in [0.3, 0.4) is 0 Å². The average molecular weight is 977 g/mol. The lowest BCUT2D eigenvalue weighted by molar-refractivity contribution is -0.161. The van der Waals surface area contributed by atoms with Gasteiger partial charge in [0.05, 0.1) is 38.1 Å². The van der Waals surface area contributed by atoms with E-state index in [1.807, 2.05) is 24.3 Å². The van der Waals surface area contributed by atoms with Crippen molar-refractivity contribution in [1.29, 1.82) is 0 Å². The highest BCUT2D eigenvalue weighted by atomic mass is 31.2. The molecule has 0 spiro atoms. The number of unbranched alkanes of at least 4 members (excludes halogenated alkanes) is 8. The summed E-state index contributed by atoms with van der Waals surface area (Å²) in [5.41, 5.74) is 0. The van der Waals surface area contributed by atoms with Crippen LogP contribution in [0.15, 0.2) is 72.9 Å². The van der Waals surface area contributed by atoms with Gasteiger partial charge in [-0.2, -0.15) is 0 Å². The number of hydrogen-bond donors (Lipinski definition) is 7. The Morgan fingerprint density at radius 2 is 1.18 bits per heavy atom. The van der Waals surface area contributed by atoms with Gasteiger partial charge in [0, 0.05) is 25.2 Å². The van der Waals surface area contributed by atoms with Gasteiger partial charge in [-0.3, -0.25) is 23.2 Å². The summed E-state index contributed by atoms with van der Waals surface area (Å²) in [4.78, 5) is 53.0. The van der Waals surface area contributed by atoms with Crippen LogP contribution < -0.4 is 0 Å². The lowest BCUT2D eigenvalue weighted by Crippen LogP contribution is -2.29. The number of rotatable bonds is 40. The number of carbonyl (C=O) groups is 2. The van der Waals surface area contributed by atoms with Crippen molar-refractivity contribution in [2.24, 2.45) is 11.8 Å². The van der Waals surface area contributed by atoms with E-state index in [9.17, 15) is 44.0 Å². The summed E-state index contributed by atoms with van der Waals surface area (Å²) in [5.74, 6) is -1.68. The predicted molar refractivity (Wildman–Crippen MR) is 255 cm³/mol. The van der Waals surface area contributed by atoms with Crippen molar-refractivity contribution in [3.63, 3.8) is 0 Å². The van der Waals surface area contributed by atoms with E-state index < -0.39 is 84.5 Å². The minimum Gasteiger partial charge on any atom is -0.462 e. The summed E-state index contributed by atoms with van der Waals surface area (Å²) in [6, 6.07) is 0. The van der Waals surface area contributed by atoms with Gasteiger partial charge in [-0.05, 0) is 70.1 Å². The monoisotopic (exact) mass is 977 g/mol. The van der Waals surface area contributed by atoms with Crippen LogP contribution in [0, 0.1) is 11.8 Å². The molecule has 7 N–H and O–H groups in total. The van der Waals surface area contributed by atoms with Gasteiger partial charge in [-0.15, -0.1) is 0 Å². The Morgan fingerprint density at radius 1 is 0.621 bits per heavy atom. The van der Waals surface area contributed by atoms with E-state index in [2.05, 4.69) is 65.4 Å². The van der Waals surface area contributed by atoms with Crippen LogP contribution in [0.2, 0.25) is 0 Å². The van der Waals surface area contributed by atoms with Crippen molar-refractivity contribution in [2.45, 2.75) is 179 Å². The van der Waals surface area contributed by atoms with E-state index in [1.165, 1.54) is 19.3 Å². The number of carbonyl (C=O) groups excluding carboxylic acids is 2. The molecule has 16 nitrogen and oxygen atoms in total. The molecule has 380 valence electrons. The Hall–Kier alpha value is -2.56. The van der Waals surface area contributed by atoms with E-state index in [4.69, 9.17) is 23.8 Å². The molecule has 8 atom stereocenters. The fourth-order valence-electron chi connectivity index (χ4n) is 7.01. The first-order chi connectivity index (χ1) is 31.6. The maximum absolute atomic E-state index is 12.8. The molecule has 1 fully saturated rings. The summed E-state index contributed by atoms with van der Waals surface area (Å²) in [6.07, 6.45) is 35.4. The Labute approximate surface area is 393 Å². The van der Waals surface area contributed by atoms with Gasteiger partial charge in [0.1, 0.15) is 12.7 Å². The number of phosphoric acid groups is 2. The van der Waals surface area contributed by atoms with Crippen molar-refractivity contribution in [2.75, 3.05) is 26.4 Å². The highest BCUT2D eigenvalue weighted by molar-refractivity contribution is 7.47. The molecule has 1 aliphatic carbocycles. The van der Waals surface area contributed by atoms with Crippen LogP contribution in [0.1, 0.15) is 149 Å². The summed E-state index contributed by atoms with van der Waals surface area (Å²) in [7, 11) is -9.80. The summed E-state index contributed by atoms with van der Waals surface area (Å²) in [6.45, 7) is 1.31. The van der Waals surface area contributed by atoms with Crippen molar-refractivity contribution in [3.05, 3.63) is 72.9 Å². The number of aliphatic hydroxyl groups excluding tert-OH is 4. The van der Waals surface area contributed by atoms with Gasteiger partial charge in [-0.25, -0.2) is 9.13 Å². The average Bonchev–Trinajstić information content (AvgIpc) is 3.54. The van der Waals surface area contributed by atoms with E-state index in [1.54, 1.807) is 6.08 Å². The Bertz CT molecular complexity index is 1560. The first-order valence-electron chi connectivity index (χ1n) is 23.9. The molecule has 0 aromatic heterocycles. The summed E-state index contributed by atoms with van der Waals surface area (Å²) in [5, 5.41) is 41.2. The number of phosphoric ester groups is 2. The minimum absolute atomic E-state index is 0.0141. The third-order valence-corrected chi connectivity index (χ3v) is 12.1. The molecule has 0 heterocycles. The number of esters is 2. The van der Waals surface area contributed by atoms with Crippen LogP contribution in [0.25, 0.3) is 0 Å². The van der Waals surface area contributed by atoms with Crippen molar-refractivity contribution in [3.8, 4) is 0 Å². The molecule has 1 unspecified atom stereocenters. The second-order valence-electron chi connectivity index (χ2n) is 16.6. The van der Waals surface area contributed by atoms with Crippen molar-refractivity contribution < 1.29 is 76.9 Å². The Kier molecular flexibility index (Phi) is 35.7. The highest BCUT2D eigenvalue weighted by Crippen LogP contribution is 2.44. The molecule has 18 heteroatoms. The van der Waals surface area contributed by atoms with Crippen LogP contribution in [0.5, 0.6) is 0 Å². The van der Waals surface area contributed by atoms with E-state index in [0.717, 1.165) is 57.8 Å². The van der Waals surface area contributed by atoms with Crippen LogP contribution in [-0.2, 0) is 41.8 Å². The summed E-state index contributed by atoms with van der Waals surface area (Å²) < 4.78 is 47.8. The van der Waals surface area contributed by atoms with Crippen molar-refractivity contribution >= 4 is 27.6 Å². The highest BCUT2D eigenvalue weighted by Gasteiger charge is 2.39. The van der Waals surface area contributed by atoms with E-state index in [0.29, 0.717) is 38.5 Å². The lowest BCUT2D eigenvalue weighted by Gasteiger charge is -2.21. The van der Waals surface area contributed by atoms with Crippen molar-refractivity contribution in [1.82, 2.24) is 0 Å². The van der Waals surface area contributed by atoms with Gasteiger partial charge in [-0.1, -0.05) is 138 Å². The molecule has 0 saturated heterocycles. The zero-order chi connectivity index (χ0) is 48.9. The molecule has 1 rings (SSSR count). The first kappa shape index (κ1) is 61.5. The number of hydrogen-bond acceptors (Lipinski definition) is 13.